The van der Waals surface area contributed by atoms with Gasteiger partial charge in [-0.15, -0.1) is 11.3 Å². The number of halogens is 1. The number of rotatable bonds is 3. The van der Waals surface area contributed by atoms with E-state index in [1.165, 1.54) is 26.1 Å². The molecule has 1 N–H and O–H groups in total. The first kappa shape index (κ1) is 14.4. The molecular weight excluding hydrogens is 298 g/mol. The number of fused-ring (bicyclic) bond motifs is 1. The second-order valence-corrected chi connectivity index (χ2v) is 6.88. The lowest BCUT2D eigenvalue weighted by molar-refractivity contribution is 0.898. The predicted octanol–water partition coefficient (Wildman–Crippen LogP) is 6.34. The molecule has 0 aliphatic rings. The van der Waals surface area contributed by atoms with E-state index in [9.17, 15) is 0 Å². The van der Waals surface area contributed by atoms with Gasteiger partial charge < -0.3 is 5.32 Å². The first-order valence-electron chi connectivity index (χ1n) is 7.07. The zero-order chi connectivity index (χ0) is 15.0. The molecule has 3 heteroatoms. The van der Waals surface area contributed by atoms with Crippen LogP contribution in [0.2, 0.25) is 5.02 Å². The van der Waals surface area contributed by atoms with Gasteiger partial charge in [-0.1, -0.05) is 41.9 Å². The summed E-state index contributed by atoms with van der Waals surface area (Å²) in [4.78, 5) is 1.37. The first-order valence-corrected chi connectivity index (χ1v) is 8.27. The van der Waals surface area contributed by atoms with Crippen LogP contribution >= 0.6 is 22.9 Å². The number of thiophene rings is 1. The molecule has 0 bridgehead atoms. The van der Waals surface area contributed by atoms with E-state index in [2.05, 4.69) is 56.4 Å². The van der Waals surface area contributed by atoms with E-state index in [4.69, 9.17) is 11.6 Å². The Kier molecular flexibility index (Phi) is 3.92. The Balaban J connectivity index is 1.97. The Morgan fingerprint density at radius 1 is 1.05 bits per heavy atom. The van der Waals surface area contributed by atoms with Crippen LogP contribution in [0.3, 0.4) is 0 Å². The summed E-state index contributed by atoms with van der Waals surface area (Å²) in [6.07, 6.45) is 0. The van der Waals surface area contributed by atoms with Gasteiger partial charge in [0.1, 0.15) is 0 Å². The monoisotopic (exact) mass is 315 g/mol. The maximum Gasteiger partial charge on any atom is 0.0640 e. The summed E-state index contributed by atoms with van der Waals surface area (Å²) in [6.45, 7) is 6.48. The maximum atomic E-state index is 6.32. The van der Waals surface area contributed by atoms with Crippen molar-refractivity contribution in [3.63, 3.8) is 0 Å². The number of hydrogen-bond donors (Lipinski definition) is 1. The largest absolute Gasteiger partial charge is 0.376 e. The highest BCUT2D eigenvalue weighted by Gasteiger charge is 2.15. The van der Waals surface area contributed by atoms with Crippen molar-refractivity contribution in [2.45, 2.75) is 26.8 Å². The summed E-state index contributed by atoms with van der Waals surface area (Å²) >= 11 is 8.18. The van der Waals surface area contributed by atoms with Crippen molar-refractivity contribution in [2.75, 3.05) is 5.32 Å². The normalized spacial score (nSPS) is 12.6. The van der Waals surface area contributed by atoms with Crippen LogP contribution in [0.1, 0.15) is 29.0 Å². The van der Waals surface area contributed by atoms with E-state index in [0.717, 1.165) is 10.7 Å². The minimum absolute atomic E-state index is 0.237. The Morgan fingerprint density at radius 2 is 1.81 bits per heavy atom. The zero-order valence-electron chi connectivity index (χ0n) is 12.4. The van der Waals surface area contributed by atoms with E-state index in [1.54, 1.807) is 0 Å². The number of aryl methyl sites for hydroxylation is 2. The average molecular weight is 316 g/mol. The molecule has 108 valence electrons. The van der Waals surface area contributed by atoms with Gasteiger partial charge in [-0.2, -0.15) is 0 Å². The van der Waals surface area contributed by atoms with Crippen molar-refractivity contribution >= 4 is 38.7 Å². The molecule has 0 radical (unpaired) electrons. The molecule has 1 aromatic heterocycles. The molecule has 2 aromatic carbocycles. The summed E-state index contributed by atoms with van der Waals surface area (Å²) in [6, 6.07) is 14.8. The maximum absolute atomic E-state index is 6.32. The van der Waals surface area contributed by atoms with Crippen LogP contribution < -0.4 is 5.32 Å². The van der Waals surface area contributed by atoms with Crippen LogP contribution in [0.4, 0.5) is 5.69 Å². The van der Waals surface area contributed by atoms with E-state index in [-0.39, 0.29) is 6.04 Å². The van der Waals surface area contributed by atoms with Crippen molar-refractivity contribution in [1.82, 2.24) is 0 Å². The van der Waals surface area contributed by atoms with Crippen molar-refractivity contribution in [1.29, 1.82) is 0 Å². The van der Waals surface area contributed by atoms with Gasteiger partial charge in [-0.25, -0.2) is 0 Å². The van der Waals surface area contributed by atoms with Crippen LogP contribution in [0.5, 0.6) is 0 Å². The van der Waals surface area contributed by atoms with Crippen LogP contribution in [-0.4, -0.2) is 0 Å². The van der Waals surface area contributed by atoms with Gasteiger partial charge in [-0.05, 0) is 49.4 Å². The van der Waals surface area contributed by atoms with Crippen LogP contribution in [0.25, 0.3) is 10.1 Å². The van der Waals surface area contributed by atoms with E-state index < -0.39 is 0 Å². The second-order valence-electron chi connectivity index (χ2n) is 5.39. The number of benzene rings is 2. The summed E-state index contributed by atoms with van der Waals surface area (Å²) in [7, 11) is 0. The minimum atomic E-state index is 0.237. The molecule has 1 nitrogen and oxygen atoms in total. The molecular formula is C18H18ClNS. The van der Waals surface area contributed by atoms with Gasteiger partial charge in [0.25, 0.3) is 0 Å². The van der Waals surface area contributed by atoms with Gasteiger partial charge in [0.05, 0.1) is 16.8 Å². The highest BCUT2D eigenvalue weighted by Crippen LogP contribution is 2.37. The van der Waals surface area contributed by atoms with E-state index in [0.29, 0.717) is 0 Å². The lowest BCUT2D eigenvalue weighted by Gasteiger charge is -2.18. The fourth-order valence-corrected chi connectivity index (χ4v) is 4.19. The molecule has 0 aliphatic carbocycles. The molecule has 0 spiro atoms. The first-order chi connectivity index (χ1) is 10.1. The fourth-order valence-electron chi connectivity index (χ4n) is 2.70. The molecule has 1 heterocycles. The average Bonchev–Trinajstić information content (AvgIpc) is 2.81. The predicted molar refractivity (Wildman–Crippen MR) is 94.8 cm³/mol. The summed E-state index contributed by atoms with van der Waals surface area (Å²) in [5, 5.41) is 5.70. The fraction of sp³-hybridized carbons (Fsp3) is 0.222. The van der Waals surface area contributed by atoms with Crippen molar-refractivity contribution in [3.05, 3.63) is 63.5 Å². The molecule has 0 fully saturated rings. The number of nitrogens with one attached hydrogen (secondary N) is 1. The Hall–Kier alpha value is -1.51. The molecule has 1 atom stereocenters. The highest BCUT2D eigenvalue weighted by molar-refractivity contribution is 7.19. The van der Waals surface area contributed by atoms with Gasteiger partial charge in [0, 0.05) is 9.58 Å². The second kappa shape index (κ2) is 5.70. The van der Waals surface area contributed by atoms with Crippen LogP contribution in [0.15, 0.2) is 42.5 Å². The molecule has 1 unspecified atom stereocenters. The minimum Gasteiger partial charge on any atom is -0.376 e. The van der Waals surface area contributed by atoms with Gasteiger partial charge in [0.2, 0.25) is 0 Å². The number of para-hydroxylation sites is 1. The molecule has 3 aromatic rings. The topological polar surface area (TPSA) is 12.0 Å². The number of anilines is 1. The Labute approximate surface area is 134 Å². The summed E-state index contributed by atoms with van der Waals surface area (Å²) in [5.74, 6) is 0. The molecule has 0 amide bonds. The molecule has 0 saturated heterocycles. The van der Waals surface area contributed by atoms with Crippen molar-refractivity contribution in [3.8, 4) is 0 Å². The highest BCUT2D eigenvalue weighted by atomic mass is 35.5. The standard InChI is InChI=1S/C18H18ClNS/c1-11-7-6-9-15(19)17(11)20-13(3)18-12(2)14-8-4-5-10-16(14)21-18/h4-10,13,20H,1-3H3. The molecule has 0 saturated carbocycles. The van der Waals surface area contributed by atoms with Crippen molar-refractivity contribution < 1.29 is 0 Å². The van der Waals surface area contributed by atoms with Crippen LogP contribution in [0, 0.1) is 13.8 Å². The molecule has 3 rings (SSSR count). The Bertz CT molecular complexity index is 771. The van der Waals surface area contributed by atoms with Gasteiger partial charge >= 0.3 is 0 Å². The summed E-state index contributed by atoms with van der Waals surface area (Å²) in [5.41, 5.74) is 3.57. The number of hydrogen-bond acceptors (Lipinski definition) is 2. The third-order valence-electron chi connectivity index (χ3n) is 3.86. The van der Waals surface area contributed by atoms with E-state index in [1.807, 2.05) is 23.5 Å². The lowest BCUT2D eigenvalue weighted by Crippen LogP contribution is -2.07. The molecule has 0 aliphatic heterocycles. The third-order valence-corrected chi connectivity index (χ3v) is 5.63. The zero-order valence-corrected chi connectivity index (χ0v) is 14.0. The smallest absolute Gasteiger partial charge is 0.0640 e. The third kappa shape index (κ3) is 2.66. The molecule has 21 heavy (non-hydrogen) atoms. The van der Waals surface area contributed by atoms with E-state index >= 15 is 0 Å². The SMILES string of the molecule is Cc1cccc(Cl)c1NC(C)c1sc2ccccc2c1C. The van der Waals surface area contributed by atoms with Gasteiger partial charge in [0.15, 0.2) is 0 Å². The quantitative estimate of drug-likeness (QED) is 0.594. The Morgan fingerprint density at radius 3 is 2.52 bits per heavy atom. The van der Waals surface area contributed by atoms with Crippen LogP contribution in [-0.2, 0) is 0 Å². The lowest BCUT2D eigenvalue weighted by atomic mass is 10.1. The van der Waals surface area contributed by atoms with Crippen molar-refractivity contribution in [2.24, 2.45) is 0 Å². The summed E-state index contributed by atoms with van der Waals surface area (Å²) < 4.78 is 1.34. The van der Waals surface area contributed by atoms with Gasteiger partial charge in [-0.3, -0.25) is 0 Å².